The number of benzene rings is 1. The quantitative estimate of drug-likeness (QED) is 0.847. The second-order valence-corrected chi connectivity index (χ2v) is 5.84. The number of para-hydroxylation sites is 1. The number of hydrogen-bond donors (Lipinski definition) is 2. The fourth-order valence-corrected chi connectivity index (χ4v) is 2.83. The zero-order valence-electron chi connectivity index (χ0n) is 12.1. The molecular weight excluding hydrogens is 290 g/mol. The van der Waals surface area contributed by atoms with Gasteiger partial charge in [-0.3, -0.25) is 0 Å². The first-order chi connectivity index (χ1) is 10.1. The van der Waals surface area contributed by atoms with E-state index in [2.05, 4.69) is 10.3 Å². The van der Waals surface area contributed by atoms with Crippen LogP contribution in [-0.2, 0) is 11.3 Å². The Kier molecular flexibility index (Phi) is 5.49. The molecule has 0 saturated carbocycles. The first-order valence-electron chi connectivity index (χ1n) is 6.60. The summed E-state index contributed by atoms with van der Waals surface area (Å²) in [5.41, 5.74) is 0.940. The third-order valence-electron chi connectivity index (χ3n) is 2.92. The summed E-state index contributed by atoms with van der Waals surface area (Å²) in [5, 5.41) is 13.2. The van der Waals surface area contributed by atoms with Crippen LogP contribution < -0.4 is 5.32 Å². The number of amides is 2. The predicted octanol–water partition coefficient (Wildman–Crippen LogP) is 1.44. The molecular formula is C14H19N3O3S. The van der Waals surface area contributed by atoms with Gasteiger partial charge in [-0.15, -0.1) is 11.3 Å². The number of aromatic nitrogens is 1. The maximum absolute atomic E-state index is 11.9. The Morgan fingerprint density at radius 1 is 1.52 bits per heavy atom. The van der Waals surface area contributed by atoms with E-state index in [0.717, 1.165) is 15.2 Å². The number of carbonyl (C=O) groups is 1. The summed E-state index contributed by atoms with van der Waals surface area (Å²) in [7, 11) is 3.14. The fourth-order valence-electron chi connectivity index (χ4n) is 1.93. The molecule has 0 aliphatic heterocycles. The van der Waals surface area contributed by atoms with Gasteiger partial charge in [0.2, 0.25) is 0 Å². The van der Waals surface area contributed by atoms with Gasteiger partial charge < -0.3 is 20.1 Å². The number of aliphatic hydroxyl groups is 1. The smallest absolute Gasteiger partial charge is 0.317 e. The summed E-state index contributed by atoms with van der Waals surface area (Å²) in [6.45, 7) is 0.803. The van der Waals surface area contributed by atoms with Gasteiger partial charge in [-0.2, -0.15) is 0 Å². The average molecular weight is 309 g/mol. The third-order valence-corrected chi connectivity index (χ3v) is 3.96. The number of nitrogens with one attached hydrogen (secondary N) is 1. The highest BCUT2D eigenvalue weighted by atomic mass is 32.1. The van der Waals surface area contributed by atoms with Crippen LogP contribution in [0.5, 0.6) is 0 Å². The molecule has 2 aromatic rings. The van der Waals surface area contributed by atoms with E-state index >= 15 is 0 Å². The lowest BCUT2D eigenvalue weighted by Crippen LogP contribution is -2.42. The number of nitrogens with zero attached hydrogens (tertiary/aromatic N) is 2. The topological polar surface area (TPSA) is 74.7 Å². The van der Waals surface area contributed by atoms with Crippen molar-refractivity contribution >= 4 is 27.6 Å². The molecule has 1 aromatic carbocycles. The minimum Gasteiger partial charge on any atom is -0.389 e. The molecule has 1 atom stereocenters. The predicted molar refractivity (Wildman–Crippen MR) is 82.4 cm³/mol. The van der Waals surface area contributed by atoms with Crippen molar-refractivity contribution in [2.24, 2.45) is 0 Å². The SMILES string of the molecule is COC[C@H](O)CN(C)C(=O)NCc1nc2ccccc2s1. The van der Waals surface area contributed by atoms with Crippen molar-refractivity contribution in [1.29, 1.82) is 0 Å². The van der Waals surface area contributed by atoms with Crippen LogP contribution in [0.3, 0.4) is 0 Å². The van der Waals surface area contributed by atoms with Gasteiger partial charge in [0.1, 0.15) is 5.01 Å². The number of urea groups is 1. The molecule has 6 nitrogen and oxygen atoms in total. The van der Waals surface area contributed by atoms with E-state index < -0.39 is 6.10 Å². The first kappa shape index (κ1) is 15.7. The maximum atomic E-state index is 11.9. The van der Waals surface area contributed by atoms with E-state index in [-0.39, 0.29) is 19.2 Å². The highest BCUT2D eigenvalue weighted by Crippen LogP contribution is 2.21. The second-order valence-electron chi connectivity index (χ2n) is 4.72. The Bertz CT molecular complexity index is 569. The molecule has 0 radical (unpaired) electrons. The Morgan fingerprint density at radius 3 is 3.00 bits per heavy atom. The van der Waals surface area contributed by atoms with Crippen molar-refractivity contribution < 1.29 is 14.6 Å². The molecule has 0 aliphatic carbocycles. The van der Waals surface area contributed by atoms with Crippen LogP contribution in [0.25, 0.3) is 10.2 Å². The number of methoxy groups -OCH3 is 1. The van der Waals surface area contributed by atoms with Gasteiger partial charge in [0.15, 0.2) is 0 Å². The minimum absolute atomic E-state index is 0.204. The third kappa shape index (κ3) is 4.38. The molecule has 7 heteroatoms. The number of hydrogen-bond acceptors (Lipinski definition) is 5. The van der Waals surface area contributed by atoms with Gasteiger partial charge in [0, 0.05) is 14.2 Å². The maximum Gasteiger partial charge on any atom is 0.317 e. The zero-order valence-corrected chi connectivity index (χ0v) is 12.9. The molecule has 1 heterocycles. The molecule has 21 heavy (non-hydrogen) atoms. The lowest BCUT2D eigenvalue weighted by molar-refractivity contribution is 0.0489. The standard InChI is InChI=1S/C14H19N3O3S/c1-17(8-10(18)9-20-2)14(19)15-7-13-16-11-5-3-4-6-12(11)21-13/h3-6,10,18H,7-9H2,1-2H3,(H,15,19)/t10-/m1/s1. The Balaban J connectivity index is 1.85. The summed E-state index contributed by atoms with van der Waals surface area (Å²) in [6.07, 6.45) is -0.687. The summed E-state index contributed by atoms with van der Waals surface area (Å²) < 4.78 is 5.93. The molecule has 0 bridgehead atoms. The molecule has 2 amide bonds. The highest BCUT2D eigenvalue weighted by Gasteiger charge is 2.13. The van der Waals surface area contributed by atoms with Crippen LogP contribution in [0, 0.1) is 0 Å². The van der Waals surface area contributed by atoms with Crippen LogP contribution in [0.1, 0.15) is 5.01 Å². The van der Waals surface area contributed by atoms with Crippen molar-refractivity contribution in [2.45, 2.75) is 12.6 Å². The van der Waals surface area contributed by atoms with E-state index in [0.29, 0.717) is 6.54 Å². The van der Waals surface area contributed by atoms with Crippen molar-refractivity contribution in [3.63, 3.8) is 0 Å². The van der Waals surface area contributed by atoms with Crippen molar-refractivity contribution in [2.75, 3.05) is 27.3 Å². The lowest BCUT2D eigenvalue weighted by Gasteiger charge is -2.20. The molecule has 2 N–H and O–H groups in total. The van der Waals surface area contributed by atoms with Gasteiger partial charge in [0.25, 0.3) is 0 Å². The van der Waals surface area contributed by atoms with Crippen molar-refractivity contribution in [3.05, 3.63) is 29.3 Å². The Hall–Kier alpha value is -1.70. The number of thiazole rings is 1. The molecule has 0 fully saturated rings. The van der Waals surface area contributed by atoms with Gasteiger partial charge >= 0.3 is 6.03 Å². The summed E-state index contributed by atoms with van der Waals surface area (Å²) in [5.74, 6) is 0. The Morgan fingerprint density at radius 2 is 2.29 bits per heavy atom. The van der Waals surface area contributed by atoms with Crippen molar-refractivity contribution in [3.8, 4) is 0 Å². The molecule has 1 aromatic heterocycles. The molecule has 0 aliphatic rings. The molecule has 0 spiro atoms. The number of fused-ring (bicyclic) bond motifs is 1. The lowest BCUT2D eigenvalue weighted by atomic mass is 10.3. The largest absolute Gasteiger partial charge is 0.389 e. The zero-order chi connectivity index (χ0) is 15.2. The van der Waals surface area contributed by atoms with Gasteiger partial charge in [-0.25, -0.2) is 9.78 Å². The summed E-state index contributed by atoms with van der Waals surface area (Å²) >= 11 is 1.56. The fraction of sp³-hybridized carbons (Fsp3) is 0.429. The number of ether oxygens (including phenoxy) is 1. The van der Waals surface area contributed by atoms with Crippen LogP contribution >= 0.6 is 11.3 Å². The minimum atomic E-state index is -0.687. The second kappa shape index (κ2) is 7.35. The van der Waals surface area contributed by atoms with Crippen LogP contribution in [0.4, 0.5) is 4.79 Å². The monoisotopic (exact) mass is 309 g/mol. The normalized spacial score (nSPS) is 12.3. The molecule has 0 unspecified atom stereocenters. The summed E-state index contributed by atoms with van der Waals surface area (Å²) in [6, 6.07) is 7.61. The molecule has 2 rings (SSSR count). The van der Waals surface area contributed by atoms with Gasteiger partial charge in [0.05, 0.1) is 36.0 Å². The van der Waals surface area contributed by atoms with Crippen molar-refractivity contribution in [1.82, 2.24) is 15.2 Å². The van der Waals surface area contributed by atoms with E-state index in [9.17, 15) is 9.90 Å². The number of rotatable bonds is 6. The molecule has 114 valence electrons. The van der Waals surface area contributed by atoms with Crippen LogP contribution in [0.15, 0.2) is 24.3 Å². The van der Waals surface area contributed by atoms with Gasteiger partial charge in [-0.05, 0) is 12.1 Å². The number of carbonyl (C=O) groups excluding carboxylic acids is 1. The van der Waals surface area contributed by atoms with E-state index in [1.54, 1.807) is 18.4 Å². The van der Waals surface area contributed by atoms with E-state index in [1.807, 2.05) is 24.3 Å². The Labute approximate surface area is 127 Å². The number of aliphatic hydroxyl groups excluding tert-OH is 1. The van der Waals surface area contributed by atoms with E-state index in [1.165, 1.54) is 12.0 Å². The van der Waals surface area contributed by atoms with Gasteiger partial charge in [-0.1, -0.05) is 12.1 Å². The summed E-state index contributed by atoms with van der Waals surface area (Å²) in [4.78, 5) is 17.8. The average Bonchev–Trinajstić information content (AvgIpc) is 2.87. The van der Waals surface area contributed by atoms with E-state index in [4.69, 9.17) is 4.74 Å². The highest BCUT2D eigenvalue weighted by molar-refractivity contribution is 7.18. The number of likely N-dealkylation sites (N-methyl/N-ethyl adjacent to an activating group) is 1. The van der Waals surface area contributed by atoms with Crippen LogP contribution in [-0.4, -0.2) is 54.4 Å². The molecule has 0 saturated heterocycles. The first-order valence-corrected chi connectivity index (χ1v) is 7.42. The van der Waals surface area contributed by atoms with Crippen LogP contribution in [0.2, 0.25) is 0 Å².